The maximum Gasteiger partial charge on any atom is 0.316 e. The van der Waals surface area contributed by atoms with Crippen LogP contribution in [-0.4, -0.2) is 44.8 Å². The van der Waals surface area contributed by atoms with Gasteiger partial charge in [0.1, 0.15) is 6.54 Å². The Balaban J connectivity index is 1.48. The number of hydrogen-bond donors (Lipinski definition) is 2. The van der Waals surface area contributed by atoms with Crippen LogP contribution in [-0.2, 0) is 6.54 Å². The highest BCUT2D eigenvalue weighted by atomic mass is 79.9. The van der Waals surface area contributed by atoms with Gasteiger partial charge >= 0.3 is 11.8 Å². The van der Waals surface area contributed by atoms with E-state index in [1.54, 1.807) is 10.7 Å². The fourth-order valence-corrected chi connectivity index (χ4v) is 3.01. The van der Waals surface area contributed by atoms with E-state index in [1.807, 2.05) is 39.0 Å². The molecule has 2 amide bonds. The Hall–Kier alpha value is -3.01. The summed E-state index contributed by atoms with van der Waals surface area (Å²) >= 11 is 3.46. The molecule has 0 radical (unpaired) electrons. The van der Waals surface area contributed by atoms with Crippen LogP contribution in [0.2, 0.25) is 0 Å². The van der Waals surface area contributed by atoms with E-state index in [0.29, 0.717) is 17.9 Å². The van der Waals surface area contributed by atoms with Gasteiger partial charge in [-0.15, -0.1) is 0 Å². The van der Waals surface area contributed by atoms with Gasteiger partial charge in [-0.3, -0.25) is 14.3 Å². The molecule has 0 saturated carbocycles. The van der Waals surface area contributed by atoms with Crippen molar-refractivity contribution in [2.75, 3.05) is 13.1 Å². The lowest BCUT2D eigenvalue weighted by atomic mass is 10.1. The van der Waals surface area contributed by atoms with Gasteiger partial charge in [-0.25, -0.2) is 0 Å². The zero-order chi connectivity index (χ0) is 21.0. The van der Waals surface area contributed by atoms with Crippen molar-refractivity contribution in [3.8, 4) is 0 Å². The topological polar surface area (TPSA) is 115 Å². The fourth-order valence-electron chi connectivity index (χ4n) is 2.72. The Kier molecular flexibility index (Phi) is 6.42. The molecule has 0 saturated heterocycles. The molecule has 0 atom stereocenters. The van der Waals surface area contributed by atoms with Crippen molar-refractivity contribution < 1.29 is 14.1 Å². The minimum Gasteiger partial charge on any atom is -0.350 e. The number of aromatic nitrogens is 4. The summed E-state index contributed by atoms with van der Waals surface area (Å²) in [6.07, 6.45) is 0. The van der Waals surface area contributed by atoms with Gasteiger partial charge in [0.25, 0.3) is 5.91 Å². The second-order valence-electron chi connectivity index (χ2n) is 6.48. The van der Waals surface area contributed by atoms with Crippen molar-refractivity contribution in [2.24, 2.45) is 0 Å². The van der Waals surface area contributed by atoms with Crippen LogP contribution >= 0.6 is 15.9 Å². The molecule has 2 heterocycles. The lowest BCUT2D eigenvalue weighted by Gasteiger charge is -2.07. The van der Waals surface area contributed by atoms with Crippen LogP contribution in [0.3, 0.4) is 0 Å². The highest BCUT2D eigenvalue weighted by Crippen LogP contribution is 2.20. The molecule has 1 aromatic carbocycles. The van der Waals surface area contributed by atoms with Crippen LogP contribution in [0.4, 0.5) is 0 Å². The molecule has 0 unspecified atom stereocenters. The summed E-state index contributed by atoms with van der Waals surface area (Å²) in [5.74, 6) is -0.469. The number of aryl methyl sites for hydroxylation is 2. The van der Waals surface area contributed by atoms with Crippen LogP contribution in [0.15, 0.2) is 33.3 Å². The van der Waals surface area contributed by atoms with Crippen LogP contribution in [0.5, 0.6) is 0 Å². The molecule has 29 heavy (non-hydrogen) atoms. The van der Waals surface area contributed by atoms with Crippen LogP contribution in [0, 0.1) is 20.8 Å². The molecule has 0 aliphatic heterocycles. The first-order valence-corrected chi connectivity index (χ1v) is 9.80. The van der Waals surface area contributed by atoms with E-state index < -0.39 is 5.91 Å². The van der Waals surface area contributed by atoms with Gasteiger partial charge in [0, 0.05) is 18.7 Å². The molecule has 0 bridgehead atoms. The van der Waals surface area contributed by atoms with Gasteiger partial charge in [0.05, 0.1) is 15.9 Å². The summed E-state index contributed by atoms with van der Waals surface area (Å²) in [6.45, 7) is 6.48. The number of hydrogen-bond acceptors (Lipinski definition) is 6. The first kappa shape index (κ1) is 20.7. The second kappa shape index (κ2) is 8.99. The van der Waals surface area contributed by atoms with E-state index in [2.05, 4.69) is 41.8 Å². The molecular formula is C19H21BrN6O3. The maximum absolute atomic E-state index is 12.2. The Morgan fingerprint density at radius 3 is 2.45 bits per heavy atom. The maximum atomic E-state index is 12.2. The van der Waals surface area contributed by atoms with Gasteiger partial charge in [-0.05, 0) is 48.3 Å². The average molecular weight is 461 g/mol. The van der Waals surface area contributed by atoms with Crippen LogP contribution < -0.4 is 10.6 Å². The number of nitrogens with one attached hydrogen (secondary N) is 2. The Morgan fingerprint density at radius 2 is 1.79 bits per heavy atom. The van der Waals surface area contributed by atoms with Gasteiger partial charge < -0.3 is 15.2 Å². The van der Waals surface area contributed by atoms with Crippen molar-refractivity contribution >= 4 is 27.7 Å². The van der Waals surface area contributed by atoms with E-state index in [-0.39, 0.29) is 24.9 Å². The second-order valence-corrected chi connectivity index (χ2v) is 7.28. The molecule has 0 aliphatic carbocycles. The summed E-state index contributed by atoms with van der Waals surface area (Å²) in [4.78, 5) is 28.4. The first-order chi connectivity index (χ1) is 13.9. The number of benzene rings is 1. The molecule has 10 heteroatoms. The molecule has 0 spiro atoms. The molecule has 3 rings (SSSR count). The third kappa shape index (κ3) is 4.89. The minimum atomic E-state index is -0.497. The zero-order valence-corrected chi connectivity index (χ0v) is 17.9. The fraction of sp³-hybridized carbons (Fsp3) is 0.316. The van der Waals surface area contributed by atoms with Crippen molar-refractivity contribution in [3.63, 3.8) is 0 Å². The third-order valence-electron chi connectivity index (χ3n) is 4.33. The number of carbonyl (C=O) groups is 2. The zero-order valence-electron chi connectivity index (χ0n) is 16.3. The Morgan fingerprint density at radius 1 is 1.10 bits per heavy atom. The standard InChI is InChI=1S/C19H21BrN6O3/c1-11-6-4-5-7-14(11)17(27)21-8-9-22-18(28)19-23-15(25-29-19)10-26-13(3)16(20)12(2)24-26/h4-7H,8-10H2,1-3H3,(H,21,27)(H,22,28). The molecule has 9 nitrogen and oxygen atoms in total. The third-order valence-corrected chi connectivity index (χ3v) is 5.48. The molecule has 2 aromatic heterocycles. The van der Waals surface area contributed by atoms with Crippen LogP contribution in [0.1, 0.15) is 43.8 Å². The summed E-state index contributed by atoms with van der Waals surface area (Å²) in [5, 5.41) is 13.6. The SMILES string of the molecule is Cc1ccccc1C(=O)NCCNC(=O)c1nc(Cn2nc(C)c(Br)c2C)no1. The van der Waals surface area contributed by atoms with Gasteiger partial charge in [0.15, 0.2) is 5.82 Å². The number of halogens is 1. The molecule has 0 aliphatic rings. The van der Waals surface area contributed by atoms with E-state index in [1.165, 1.54) is 0 Å². The van der Waals surface area contributed by atoms with Crippen molar-refractivity contribution in [1.82, 2.24) is 30.6 Å². The van der Waals surface area contributed by atoms with Crippen molar-refractivity contribution in [3.05, 3.63) is 63.0 Å². The molecule has 2 N–H and O–H groups in total. The largest absolute Gasteiger partial charge is 0.350 e. The Bertz CT molecular complexity index is 1040. The summed E-state index contributed by atoms with van der Waals surface area (Å²) in [5.41, 5.74) is 3.29. The summed E-state index contributed by atoms with van der Waals surface area (Å²) < 4.78 is 7.68. The predicted molar refractivity (Wildman–Crippen MR) is 109 cm³/mol. The van der Waals surface area contributed by atoms with Crippen LogP contribution in [0.25, 0.3) is 0 Å². The number of rotatable bonds is 7. The molecular weight excluding hydrogens is 440 g/mol. The van der Waals surface area contributed by atoms with Crippen molar-refractivity contribution in [1.29, 1.82) is 0 Å². The lowest BCUT2D eigenvalue weighted by Crippen LogP contribution is -2.35. The van der Waals surface area contributed by atoms with E-state index in [9.17, 15) is 9.59 Å². The quantitative estimate of drug-likeness (QED) is 0.522. The summed E-state index contributed by atoms with van der Waals surface area (Å²) in [6, 6.07) is 7.30. The molecule has 3 aromatic rings. The van der Waals surface area contributed by atoms with E-state index in [4.69, 9.17) is 4.52 Å². The van der Waals surface area contributed by atoms with Gasteiger partial charge in [-0.1, -0.05) is 23.4 Å². The number of carbonyl (C=O) groups excluding carboxylic acids is 2. The Labute approximate surface area is 176 Å². The predicted octanol–water partition coefficient (Wildman–Crippen LogP) is 2.16. The highest BCUT2D eigenvalue weighted by molar-refractivity contribution is 9.10. The van der Waals surface area contributed by atoms with E-state index >= 15 is 0 Å². The summed E-state index contributed by atoms with van der Waals surface area (Å²) in [7, 11) is 0. The minimum absolute atomic E-state index is 0.133. The molecule has 0 fully saturated rings. The van der Waals surface area contributed by atoms with Crippen molar-refractivity contribution in [2.45, 2.75) is 27.3 Å². The average Bonchev–Trinajstić information content (AvgIpc) is 3.26. The van der Waals surface area contributed by atoms with Gasteiger partial charge in [-0.2, -0.15) is 10.1 Å². The highest BCUT2D eigenvalue weighted by Gasteiger charge is 2.17. The van der Waals surface area contributed by atoms with Gasteiger partial charge in [0.2, 0.25) is 0 Å². The smallest absolute Gasteiger partial charge is 0.316 e. The number of nitrogens with zero attached hydrogens (tertiary/aromatic N) is 4. The monoisotopic (exact) mass is 460 g/mol. The van der Waals surface area contributed by atoms with E-state index in [0.717, 1.165) is 21.4 Å². The number of amides is 2. The molecule has 152 valence electrons. The first-order valence-electron chi connectivity index (χ1n) is 9.01. The normalized spacial score (nSPS) is 10.8. The lowest BCUT2D eigenvalue weighted by molar-refractivity contribution is 0.0898.